The molecule has 94 valence electrons. The lowest BCUT2D eigenvalue weighted by Gasteiger charge is -2.16. The number of likely N-dealkylation sites (tertiary alicyclic amines) is 1. The Morgan fingerprint density at radius 1 is 1.44 bits per heavy atom. The van der Waals surface area contributed by atoms with E-state index < -0.39 is 0 Å². The Kier molecular flexibility index (Phi) is 5.52. The first kappa shape index (κ1) is 13.7. The first-order valence-electron chi connectivity index (χ1n) is 5.90. The molecule has 0 aromatic heterocycles. The van der Waals surface area contributed by atoms with Gasteiger partial charge in [0.25, 0.3) is 0 Å². The summed E-state index contributed by atoms with van der Waals surface area (Å²) in [4.78, 5) is 13.7. The molecular formula is C11H21ClN2O2. The second kappa shape index (κ2) is 6.42. The maximum Gasteiger partial charge on any atom is 0.222 e. The maximum absolute atomic E-state index is 11.8. The summed E-state index contributed by atoms with van der Waals surface area (Å²) in [6.07, 6.45) is 5.04. The molecule has 4 nitrogen and oxygen atoms in total. The van der Waals surface area contributed by atoms with E-state index in [2.05, 4.69) is 0 Å². The maximum atomic E-state index is 11.8. The molecule has 0 aromatic rings. The van der Waals surface area contributed by atoms with E-state index in [1.165, 1.54) is 0 Å². The van der Waals surface area contributed by atoms with Gasteiger partial charge in [-0.25, -0.2) is 0 Å². The largest absolute Gasteiger partial charge is 0.378 e. The van der Waals surface area contributed by atoms with Crippen molar-refractivity contribution in [2.24, 2.45) is 5.73 Å². The first-order valence-corrected chi connectivity index (χ1v) is 5.90. The van der Waals surface area contributed by atoms with Crippen molar-refractivity contribution < 1.29 is 9.53 Å². The third-order valence-electron chi connectivity index (χ3n) is 3.28. The predicted molar refractivity (Wildman–Crippen MR) is 64.6 cm³/mol. The van der Waals surface area contributed by atoms with Crippen LogP contribution in [0.4, 0.5) is 0 Å². The van der Waals surface area contributed by atoms with Gasteiger partial charge >= 0.3 is 0 Å². The number of halogens is 1. The molecule has 0 aromatic carbocycles. The van der Waals surface area contributed by atoms with Crippen molar-refractivity contribution in [3.05, 3.63) is 0 Å². The summed E-state index contributed by atoms with van der Waals surface area (Å²) in [7, 11) is 0. The van der Waals surface area contributed by atoms with Crippen LogP contribution in [0.2, 0.25) is 0 Å². The molecule has 0 spiro atoms. The molecule has 0 saturated carbocycles. The number of carbonyl (C=O) groups is 1. The second-order valence-corrected chi connectivity index (χ2v) is 4.56. The van der Waals surface area contributed by atoms with Crippen molar-refractivity contribution >= 4 is 18.3 Å². The van der Waals surface area contributed by atoms with Crippen molar-refractivity contribution in [3.8, 4) is 0 Å². The van der Waals surface area contributed by atoms with Crippen molar-refractivity contribution in [1.29, 1.82) is 0 Å². The van der Waals surface area contributed by atoms with E-state index in [9.17, 15) is 4.79 Å². The summed E-state index contributed by atoms with van der Waals surface area (Å²) < 4.78 is 5.49. The van der Waals surface area contributed by atoms with Gasteiger partial charge in [-0.1, -0.05) is 0 Å². The predicted octanol–water partition coefficient (Wildman–Crippen LogP) is 0.927. The Hall–Kier alpha value is -0.320. The smallest absolute Gasteiger partial charge is 0.222 e. The Balaban J connectivity index is 0.00000128. The zero-order chi connectivity index (χ0) is 10.7. The average molecular weight is 249 g/mol. The molecule has 2 aliphatic heterocycles. The standard InChI is InChI=1S/C11H20N2O2.ClH/c12-9-5-6-13(8-9)11(14)4-3-10-2-1-7-15-10;/h9-10H,1-8,12H2;1H/t9-,10?;/m1./s1. The number of hydrogen-bond donors (Lipinski definition) is 1. The van der Waals surface area contributed by atoms with E-state index in [1.807, 2.05) is 4.90 Å². The highest BCUT2D eigenvalue weighted by atomic mass is 35.5. The van der Waals surface area contributed by atoms with Gasteiger partial charge in [0.05, 0.1) is 6.10 Å². The first-order chi connectivity index (χ1) is 7.25. The Bertz CT molecular complexity index is 232. The molecule has 16 heavy (non-hydrogen) atoms. The molecule has 2 saturated heterocycles. The quantitative estimate of drug-likeness (QED) is 0.808. The summed E-state index contributed by atoms with van der Waals surface area (Å²) in [5.74, 6) is 0.249. The highest BCUT2D eigenvalue weighted by Crippen LogP contribution is 2.18. The summed E-state index contributed by atoms with van der Waals surface area (Å²) >= 11 is 0. The number of carbonyl (C=O) groups excluding carboxylic acids is 1. The van der Waals surface area contributed by atoms with Crippen LogP contribution in [0.3, 0.4) is 0 Å². The molecular weight excluding hydrogens is 228 g/mol. The molecule has 0 aliphatic carbocycles. The molecule has 2 atom stereocenters. The van der Waals surface area contributed by atoms with Gasteiger partial charge in [-0.3, -0.25) is 4.79 Å². The molecule has 2 rings (SSSR count). The minimum Gasteiger partial charge on any atom is -0.378 e. The van der Waals surface area contributed by atoms with Gasteiger partial charge in [0, 0.05) is 32.2 Å². The average Bonchev–Trinajstić information content (AvgIpc) is 2.84. The minimum absolute atomic E-state index is 0. The van der Waals surface area contributed by atoms with E-state index in [0.29, 0.717) is 12.5 Å². The van der Waals surface area contributed by atoms with Gasteiger partial charge in [0.1, 0.15) is 0 Å². The van der Waals surface area contributed by atoms with Crippen LogP contribution in [-0.2, 0) is 9.53 Å². The highest BCUT2D eigenvalue weighted by Gasteiger charge is 2.24. The number of hydrogen-bond acceptors (Lipinski definition) is 3. The van der Waals surface area contributed by atoms with Gasteiger partial charge in [0.2, 0.25) is 5.91 Å². The van der Waals surface area contributed by atoms with Gasteiger partial charge in [0.15, 0.2) is 0 Å². The Morgan fingerprint density at radius 2 is 2.25 bits per heavy atom. The lowest BCUT2D eigenvalue weighted by molar-refractivity contribution is -0.130. The van der Waals surface area contributed by atoms with Crippen LogP contribution in [0, 0.1) is 0 Å². The topological polar surface area (TPSA) is 55.6 Å². The molecule has 2 aliphatic rings. The summed E-state index contributed by atoms with van der Waals surface area (Å²) in [5, 5.41) is 0. The van der Waals surface area contributed by atoms with Crippen LogP contribution in [0.15, 0.2) is 0 Å². The van der Waals surface area contributed by atoms with Gasteiger partial charge in [-0.05, 0) is 25.7 Å². The summed E-state index contributed by atoms with van der Waals surface area (Å²) in [6.45, 7) is 2.45. The molecule has 5 heteroatoms. The fourth-order valence-electron chi connectivity index (χ4n) is 2.33. The van der Waals surface area contributed by atoms with Crippen LogP contribution >= 0.6 is 12.4 Å². The molecule has 0 bridgehead atoms. The fraction of sp³-hybridized carbons (Fsp3) is 0.909. The number of amides is 1. The molecule has 2 heterocycles. The van der Waals surface area contributed by atoms with Crippen LogP contribution in [0.1, 0.15) is 32.1 Å². The SMILES string of the molecule is Cl.N[C@@H]1CCN(C(=O)CCC2CCCO2)C1. The molecule has 2 N–H and O–H groups in total. The van der Waals surface area contributed by atoms with Crippen molar-refractivity contribution in [3.63, 3.8) is 0 Å². The third kappa shape index (κ3) is 3.61. The van der Waals surface area contributed by atoms with Crippen LogP contribution < -0.4 is 5.73 Å². The van der Waals surface area contributed by atoms with Crippen molar-refractivity contribution in [1.82, 2.24) is 4.90 Å². The zero-order valence-corrected chi connectivity index (χ0v) is 10.4. The molecule has 2 fully saturated rings. The molecule has 1 amide bonds. The van der Waals surface area contributed by atoms with Crippen molar-refractivity contribution in [2.45, 2.75) is 44.2 Å². The summed E-state index contributed by atoms with van der Waals surface area (Å²) in [5.41, 5.74) is 5.76. The number of ether oxygens (including phenoxy) is 1. The summed E-state index contributed by atoms with van der Waals surface area (Å²) in [6, 6.07) is 0.191. The van der Waals surface area contributed by atoms with Gasteiger partial charge < -0.3 is 15.4 Å². The Morgan fingerprint density at radius 3 is 2.81 bits per heavy atom. The fourth-order valence-corrected chi connectivity index (χ4v) is 2.33. The molecule has 1 unspecified atom stereocenters. The van der Waals surface area contributed by atoms with Crippen LogP contribution in [-0.4, -0.2) is 42.6 Å². The van der Waals surface area contributed by atoms with E-state index >= 15 is 0 Å². The van der Waals surface area contributed by atoms with E-state index in [0.717, 1.165) is 45.4 Å². The monoisotopic (exact) mass is 248 g/mol. The minimum atomic E-state index is 0. The van der Waals surface area contributed by atoms with Gasteiger partial charge in [-0.2, -0.15) is 0 Å². The lowest BCUT2D eigenvalue weighted by atomic mass is 10.1. The normalized spacial score (nSPS) is 29.2. The van der Waals surface area contributed by atoms with E-state index in [-0.39, 0.29) is 24.4 Å². The molecule has 0 radical (unpaired) electrons. The van der Waals surface area contributed by atoms with E-state index in [1.54, 1.807) is 0 Å². The second-order valence-electron chi connectivity index (χ2n) is 4.56. The van der Waals surface area contributed by atoms with Crippen LogP contribution in [0.5, 0.6) is 0 Å². The third-order valence-corrected chi connectivity index (χ3v) is 3.28. The van der Waals surface area contributed by atoms with Crippen molar-refractivity contribution in [2.75, 3.05) is 19.7 Å². The van der Waals surface area contributed by atoms with Gasteiger partial charge in [-0.15, -0.1) is 12.4 Å². The lowest BCUT2D eigenvalue weighted by Crippen LogP contribution is -2.32. The van der Waals surface area contributed by atoms with Crippen LogP contribution in [0.25, 0.3) is 0 Å². The number of nitrogens with two attached hydrogens (primary N) is 1. The Labute approximate surface area is 103 Å². The number of nitrogens with zero attached hydrogens (tertiary/aromatic N) is 1. The zero-order valence-electron chi connectivity index (χ0n) is 9.56. The van der Waals surface area contributed by atoms with E-state index in [4.69, 9.17) is 10.5 Å². The highest BCUT2D eigenvalue weighted by molar-refractivity contribution is 5.85. The number of rotatable bonds is 3.